The molecular weight excluding hydrogens is 377 g/mol. The highest BCUT2D eigenvalue weighted by molar-refractivity contribution is 9.10. The van der Waals surface area contributed by atoms with Gasteiger partial charge in [0.05, 0.1) is 4.47 Å². The Balaban J connectivity index is 2.22. The molecule has 0 aliphatic carbocycles. The topological polar surface area (TPSA) is 20.3 Å². The molecule has 1 heterocycles. The molecule has 0 aromatic heterocycles. The van der Waals surface area contributed by atoms with Crippen molar-refractivity contribution in [1.29, 1.82) is 0 Å². The van der Waals surface area contributed by atoms with E-state index in [-0.39, 0.29) is 11.9 Å². The van der Waals surface area contributed by atoms with Crippen molar-refractivity contribution in [1.82, 2.24) is 4.90 Å². The number of hydrogen-bond acceptors (Lipinski definition) is 1. The van der Waals surface area contributed by atoms with E-state index in [9.17, 15) is 9.18 Å². The standard InChI is InChI=1S/C14H16Br2FNO/c15-9-11-4-2-1-3-7-18(11)14(19)10-5-6-12(16)13(17)8-10/h5-6,8,11H,1-4,7,9H2. The van der Waals surface area contributed by atoms with E-state index in [0.717, 1.165) is 37.6 Å². The molecule has 0 saturated carbocycles. The first-order valence-electron chi connectivity index (χ1n) is 6.45. The van der Waals surface area contributed by atoms with Crippen LogP contribution in [-0.4, -0.2) is 28.7 Å². The van der Waals surface area contributed by atoms with Gasteiger partial charge < -0.3 is 4.90 Å². The van der Waals surface area contributed by atoms with E-state index >= 15 is 0 Å². The second-order valence-corrected chi connectivity index (χ2v) is 6.29. The van der Waals surface area contributed by atoms with E-state index in [1.54, 1.807) is 12.1 Å². The Labute approximate surface area is 129 Å². The summed E-state index contributed by atoms with van der Waals surface area (Å²) in [6, 6.07) is 4.78. The van der Waals surface area contributed by atoms with Crippen LogP contribution in [0.5, 0.6) is 0 Å². The van der Waals surface area contributed by atoms with E-state index in [1.807, 2.05) is 4.90 Å². The van der Waals surface area contributed by atoms with Gasteiger partial charge in [0.25, 0.3) is 5.91 Å². The Bertz CT molecular complexity index is 467. The van der Waals surface area contributed by atoms with Gasteiger partial charge in [0.2, 0.25) is 0 Å². The second kappa shape index (κ2) is 6.84. The summed E-state index contributed by atoms with van der Waals surface area (Å²) < 4.78 is 13.9. The first-order valence-corrected chi connectivity index (χ1v) is 8.37. The Morgan fingerprint density at radius 2 is 2.16 bits per heavy atom. The number of halogens is 3. The van der Waals surface area contributed by atoms with Crippen LogP contribution in [0.25, 0.3) is 0 Å². The smallest absolute Gasteiger partial charge is 0.254 e. The van der Waals surface area contributed by atoms with Gasteiger partial charge >= 0.3 is 0 Å². The maximum Gasteiger partial charge on any atom is 0.254 e. The van der Waals surface area contributed by atoms with Crippen molar-refractivity contribution >= 4 is 37.8 Å². The van der Waals surface area contributed by atoms with Crippen molar-refractivity contribution in [2.75, 3.05) is 11.9 Å². The summed E-state index contributed by atoms with van der Waals surface area (Å²) in [7, 11) is 0. The van der Waals surface area contributed by atoms with Crippen LogP contribution in [0.3, 0.4) is 0 Å². The molecule has 1 aromatic rings. The van der Waals surface area contributed by atoms with Crippen molar-refractivity contribution < 1.29 is 9.18 Å². The van der Waals surface area contributed by atoms with Crippen LogP contribution in [0.15, 0.2) is 22.7 Å². The molecular formula is C14H16Br2FNO. The number of amides is 1. The molecule has 1 aliphatic heterocycles. The average molecular weight is 393 g/mol. The SMILES string of the molecule is O=C(c1ccc(Br)c(F)c1)N1CCCCCC1CBr. The highest BCUT2D eigenvalue weighted by atomic mass is 79.9. The van der Waals surface area contributed by atoms with Gasteiger partial charge in [0, 0.05) is 23.5 Å². The van der Waals surface area contributed by atoms with Gasteiger partial charge in [0.15, 0.2) is 0 Å². The lowest BCUT2D eigenvalue weighted by molar-refractivity contribution is 0.0702. The van der Waals surface area contributed by atoms with Crippen molar-refractivity contribution in [3.05, 3.63) is 34.1 Å². The zero-order valence-electron chi connectivity index (χ0n) is 10.5. The molecule has 5 heteroatoms. The number of hydrogen-bond donors (Lipinski definition) is 0. The van der Waals surface area contributed by atoms with E-state index < -0.39 is 5.82 Å². The summed E-state index contributed by atoms with van der Waals surface area (Å²) >= 11 is 6.58. The minimum absolute atomic E-state index is 0.0715. The highest BCUT2D eigenvalue weighted by Crippen LogP contribution is 2.22. The van der Waals surface area contributed by atoms with Crippen molar-refractivity contribution in [3.63, 3.8) is 0 Å². The lowest BCUT2D eigenvalue weighted by Crippen LogP contribution is -2.41. The number of nitrogens with zero attached hydrogens (tertiary/aromatic N) is 1. The molecule has 1 aromatic carbocycles. The molecule has 0 bridgehead atoms. The second-order valence-electron chi connectivity index (χ2n) is 4.78. The molecule has 1 fully saturated rings. The molecule has 104 valence electrons. The molecule has 1 atom stereocenters. The molecule has 19 heavy (non-hydrogen) atoms. The quantitative estimate of drug-likeness (QED) is 0.684. The summed E-state index contributed by atoms with van der Waals surface area (Å²) in [5.41, 5.74) is 0.425. The Morgan fingerprint density at radius 3 is 2.84 bits per heavy atom. The third-order valence-electron chi connectivity index (χ3n) is 3.48. The molecule has 2 rings (SSSR count). The molecule has 0 radical (unpaired) electrons. The van der Waals surface area contributed by atoms with Crippen LogP contribution in [0.1, 0.15) is 36.0 Å². The number of rotatable bonds is 2. The average Bonchev–Trinajstić information content (AvgIpc) is 2.66. The summed E-state index contributed by atoms with van der Waals surface area (Å²) in [5.74, 6) is -0.464. The lowest BCUT2D eigenvalue weighted by Gasteiger charge is -2.28. The Morgan fingerprint density at radius 1 is 1.37 bits per heavy atom. The van der Waals surface area contributed by atoms with Gasteiger partial charge in [0.1, 0.15) is 5.82 Å². The number of likely N-dealkylation sites (tertiary alicyclic amines) is 1. The number of alkyl halides is 1. The van der Waals surface area contributed by atoms with Crippen LogP contribution < -0.4 is 0 Å². The zero-order chi connectivity index (χ0) is 13.8. The van der Waals surface area contributed by atoms with Gasteiger partial charge in [-0.2, -0.15) is 0 Å². The minimum Gasteiger partial charge on any atom is -0.335 e. The molecule has 1 saturated heterocycles. The summed E-state index contributed by atoms with van der Waals surface area (Å²) in [4.78, 5) is 14.4. The van der Waals surface area contributed by atoms with Gasteiger partial charge in [-0.3, -0.25) is 4.79 Å². The van der Waals surface area contributed by atoms with Crippen LogP contribution >= 0.6 is 31.9 Å². The van der Waals surface area contributed by atoms with E-state index in [4.69, 9.17) is 0 Å². The lowest BCUT2D eigenvalue weighted by atomic mass is 10.1. The largest absolute Gasteiger partial charge is 0.335 e. The normalized spacial score (nSPS) is 20.2. The van der Waals surface area contributed by atoms with Gasteiger partial charge in [-0.25, -0.2) is 4.39 Å². The highest BCUT2D eigenvalue weighted by Gasteiger charge is 2.25. The predicted molar refractivity (Wildman–Crippen MR) is 81.2 cm³/mol. The van der Waals surface area contributed by atoms with Crippen LogP contribution in [0, 0.1) is 5.82 Å². The van der Waals surface area contributed by atoms with Crippen LogP contribution in [0.2, 0.25) is 0 Å². The molecule has 0 N–H and O–H groups in total. The minimum atomic E-state index is -0.393. The van der Waals surface area contributed by atoms with Crippen molar-refractivity contribution in [2.45, 2.75) is 31.7 Å². The monoisotopic (exact) mass is 391 g/mol. The van der Waals surface area contributed by atoms with Crippen LogP contribution in [0.4, 0.5) is 4.39 Å². The summed E-state index contributed by atoms with van der Waals surface area (Å²) in [5, 5.41) is 0.776. The van der Waals surface area contributed by atoms with Gasteiger partial charge in [-0.15, -0.1) is 0 Å². The number of carbonyl (C=O) groups is 1. The zero-order valence-corrected chi connectivity index (χ0v) is 13.7. The first-order chi connectivity index (χ1) is 9.13. The van der Waals surface area contributed by atoms with Crippen LogP contribution in [-0.2, 0) is 0 Å². The fourth-order valence-electron chi connectivity index (χ4n) is 2.40. The fourth-order valence-corrected chi connectivity index (χ4v) is 3.32. The summed E-state index contributed by atoms with van der Waals surface area (Å²) in [6.45, 7) is 0.757. The van der Waals surface area contributed by atoms with Gasteiger partial charge in [-0.05, 0) is 47.0 Å². The maximum atomic E-state index is 13.5. The Kier molecular flexibility index (Phi) is 5.39. The van der Waals surface area contributed by atoms with E-state index in [1.165, 1.54) is 6.07 Å². The Hall–Kier alpha value is -0.420. The van der Waals surface area contributed by atoms with E-state index in [0.29, 0.717) is 10.0 Å². The summed E-state index contributed by atoms with van der Waals surface area (Å²) in [6.07, 6.45) is 4.33. The number of carbonyl (C=O) groups excluding carboxylic acids is 1. The maximum absolute atomic E-state index is 13.5. The van der Waals surface area contributed by atoms with Crippen molar-refractivity contribution in [3.8, 4) is 0 Å². The van der Waals surface area contributed by atoms with Gasteiger partial charge in [-0.1, -0.05) is 28.8 Å². The third-order valence-corrected chi connectivity index (χ3v) is 4.87. The first kappa shape index (κ1) is 15.0. The molecule has 1 aliphatic rings. The molecule has 0 spiro atoms. The molecule has 1 unspecified atom stereocenters. The van der Waals surface area contributed by atoms with Crippen molar-refractivity contribution in [2.24, 2.45) is 0 Å². The molecule has 2 nitrogen and oxygen atoms in total. The molecule has 1 amide bonds. The number of benzene rings is 1. The fraction of sp³-hybridized carbons (Fsp3) is 0.500. The predicted octanol–water partition coefficient (Wildman–Crippen LogP) is 4.37. The third kappa shape index (κ3) is 3.57. The van der Waals surface area contributed by atoms with E-state index in [2.05, 4.69) is 31.9 Å².